The Morgan fingerprint density at radius 3 is 3.07 bits per heavy atom. The molecule has 0 radical (unpaired) electrons. The van der Waals surface area contributed by atoms with Gasteiger partial charge in [0.15, 0.2) is 0 Å². The molecule has 0 aromatic heterocycles. The van der Waals surface area contributed by atoms with Gasteiger partial charge >= 0.3 is 0 Å². The Balaban J connectivity index is 2.80. The highest BCUT2D eigenvalue weighted by atomic mass is 32.2. The Morgan fingerprint density at radius 2 is 2.29 bits per heavy atom. The molecule has 0 aromatic rings. The fourth-order valence-corrected chi connectivity index (χ4v) is 1.93. The van der Waals surface area contributed by atoms with E-state index in [-0.39, 0.29) is 0 Å². The third-order valence-electron chi connectivity index (χ3n) is 2.04. The van der Waals surface area contributed by atoms with Crippen LogP contribution < -0.4 is 0 Å². The van der Waals surface area contributed by atoms with Crippen LogP contribution in [0.15, 0.2) is 58.9 Å². The van der Waals surface area contributed by atoms with E-state index in [0.717, 1.165) is 12.8 Å². The maximum Gasteiger partial charge on any atom is -0.0107 e. The molecule has 0 spiro atoms. The van der Waals surface area contributed by atoms with Gasteiger partial charge in [0.1, 0.15) is 0 Å². The summed E-state index contributed by atoms with van der Waals surface area (Å²) < 4.78 is 0. The third kappa shape index (κ3) is 3.84. The van der Waals surface area contributed by atoms with Crippen molar-refractivity contribution in [2.24, 2.45) is 0 Å². The monoisotopic (exact) mass is 204 g/mol. The minimum Gasteiger partial charge on any atom is -0.103 e. The lowest BCUT2D eigenvalue weighted by Crippen LogP contribution is -1.81. The van der Waals surface area contributed by atoms with Crippen LogP contribution in [-0.2, 0) is 0 Å². The van der Waals surface area contributed by atoms with Crippen molar-refractivity contribution in [3.8, 4) is 0 Å². The molecule has 1 heterocycles. The molecule has 0 saturated heterocycles. The molecule has 1 rings (SSSR count). The quantitative estimate of drug-likeness (QED) is 0.592. The first kappa shape index (κ1) is 11.1. The van der Waals surface area contributed by atoms with Gasteiger partial charge in [0.25, 0.3) is 0 Å². The highest BCUT2D eigenvalue weighted by Gasteiger charge is 1.98. The SMILES string of the molecule is C=C/C=C\C1=C(/C)S/C=C\C=C/CC1. The van der Waals surface area contributed by atoms with Crippen LogP contribution in [0.25, 0.3) is 0 Å². The summed E-state index contributed by atoms with van der Waals surface area (Å²) in [6.07, 6.45) is 14.6. The Kier molecular flexibility index (Phi) is 5.16. The molecule has 0 atom stereocenters. The molecule has 0 saturated carbocycles. The van der Waals surface area contributed by atoms with Crippen molar-refractivity contribution in [2.45, 2.75) is 19.8 Å². The van der Waals surface area contributed by atoms with Gasteiger partial charge in [0, 0.05) is 0 Å². The highest BCUT2D eigenvalue weighted by Crippen LogP contribution is 2.25. The van der Waals surface area contributed by atoms with Crippen molar-refractivity contribution in [3.05, 3.63) is 58.9 Å². The largest absolute Gasteiger partial charge is 0.103 e. The standard InChI is InChI=1S/C13H16S/c1-3-4-9-13-10-7-5-6-8-11-14-12(13)2/h3-6,8-9,11H,1,7,10H2,2H3/b6-5-,9-4-,11-8-,13-12-. The number of allylic oxidation sites excluding steroid dienone is 8. The van der Waals surface area contributed by atoms with Gasteiger partial charge in [-0.3, -0.25) is 0 Å². The number of hydrogen-bond donors (Lipinski definition) is 0. The number of hydrogen-bond acceptors (Lipinski definition) is 1. The molecule has 1 aliphatic rings. The van der Waals surface area contributed by atoms with Gasteiger partial charge in [-0.15, -0.1) is 11.8 Å². The molecular weight excluding hydrogens is 188 g/mol. The minimum absolute atomic E-state index is 1.11. The predicted molar refractivity (Wildman–Crippen MR) is 67.1 cm³/mol. The molecule has 0 unspecified atom stereocenters. The Hall–Kier alpha value is -0.950. The van der Waals surface area contributed by atoms with Crippen LogP contribution in [0.1, 0.15) is 19.8 Å². The lowest BCUT2D eigenvalue weighted by Gasteiger charge is -2.03. The van der Waals surface area contributed by atoms with E-state index < -0.39 is 0 Å². The smallest absolute Gasteiger partial charge is 0.0107 e. The van der Waals surface area contributed by atoms with E-state index >= 15 is 0 Å². The second-order valence-electron chi connectivity index (χ2n) is 3.09. The summed E-state index contributed by atoms with van der Waals surface area (Å²) >= 11 is 1.79. The van der Waals surface area contributed by atoms with E-state index in [1.807, 2.05) is 12.2 Å². The Labute approximate surface area is 90.8 Å². The highest BCUT2D eigenvalue weighted by molar-refractivity contribution is 8.05. The van der Waals surface area contributed by atoms with Crippen molar-refractivity contribution >= 4 is 11.8 Å². The van der Waals surface area contributed by atoms with E-state index in [4.69, 9.17) is 0 Å². The van der Waals surface area contributed by atoms with E-state index in [2.05, 4.69) is 43.2 Å². The zero-order valence-electron chi connectivity index (χ0n) is 8.57. The van der Waals surface area contributed by atoms with Crippen LogP contribution in [0, 0.1) is 0 Å². The molecule has 0 fully saturated rings. The average molecular weight is 204 g/mol. The van der Waals surface area contributed by atoms with Crippen LogP contribution >= 0.6 is 11.8 Å². The van der Waals surface area contributed by atoms with Gasteiger partial charge in [-0.2, -0.15) is 0 Å². The molecular formula is C13H16S. The number of rotatable bonds is 2. The summed E-state index contributed by atoms with van der Waals surface area (Å²) in [4.78, 5) is 1.38. The van der Waals surface area contributed by atoms with Gasteiger partial charge in [-0.05, 0) is 35.7 Å². The second kappa shape index (κ2) is 6.50. The zero-order valence-corrected chi connectivity index (χ0v) is 9.39. The maximum atomic E-state index is 3.69. The first-order chi connectivity index (χ1) is 6.84. The molecule has 0 nitrogen and oxygen atoms in total. The van der Waals surface area contributed by atoms with Crippen molar-refractivity contribution in [3.63, 3.8) is 0 Å². The summed E-state index contributed by atoms with van der Waals surface area (Å²) in [6, 6.07) is 0. The molecule has 0 N–H and O–H groups in total. The molecule has 1 aliphatic heterocycles. The normalized spacial score (nSPS) is 27.8. The fourth-order valence-electron chi connectivity index (χ4n) is 1.24. The molecule has 0 aliphatic carbocycles. The van der Waals surface area contributed by atoms with Gasteiger partial charge in [-0.25, -0.2) is 0 Å². The zero-order chi connectivity index (χ0) is 10.2. The molecule has 74 valence electrons. The molecule has 14 heavy (non-hydrogen) atoms. The Bertz CT molecular complexity index is 303. The fraction of sp³-hybridized carbons (Fsp3) is 0.231. The molecule has 1 heteroatoms. The lowest BCUT2D eigenvalue weighted by molar-refractivity contribution is 1.00. The summed E-state index contributed by atoms with van der Waals surface area (Å²) in [7, 11) is 0. The first-order valence-corrected chi connectivity index (χ1v) is 5.69. The average Bonchev–Trinajstić information content (AvgIpc) is 2.28. The molecule has 0 aromatic carbocycles. The van der Waals surface area contributed by atoms with E-state index in [1.165, 1.54) is 10.5 Å². The van der Waals surface area contributed by atoms with Gasteiger partial charge in [0.05, 0.1) is 0 Å². The maximum absolute atomic E-state index is 3.69. The predicted octanol–water partition coefficient (Wildman–Crippen LogP) is 4.60. The minimum atomic E-state index is 1.11. The van der Waals surface area contributed by atoms with E-state index in [9.17, 15) is 0 Å². The lowest BCUT2D eigenvalue weighted by atomic mass is 10.1. The van der Waals surface area contributed by atoms with Crippen molar-refractivity contribution in [1.82, 2.24) is 0 Å². The summed E-state index contributed by atoms with van der Waals surface area (Å²) in [5.74, 6) is 0. The first-order valence-electron chi connectivity index (χ1n) is 4.82. The van der Waals surface area contributed by atoms with E-state index in [0.29, 0.717) is 0 Å². The molecule has 0 bridgehead atoms. The van der Waals surface area contributed by atoms with Crippen LogP contribution in [-0.4, -0.2) is 0 Å². The van der Waals surface area contributed by atoms with Gasteiger partial charge in [-0.1, -0.05) is 43.0 Å². The van der Waals surface area contributed by atoms with Crippen LogP contribution in [0.5, 0.6) is 0 Å². The second-order valence-corrected chi connectivity index (χ2v) is 4.21. The van der Waals surface area contributed by atoms with Gasteiger partial charge < -0.3 is 0 Å². The van der Waals surface area contributed by atoms with Crippen LogP contribution in [0.3, 0.4) is 0 Å². The summed E-state index contributed by atoms with van der Waals surface area (Å²) in [5, 5.41) is 2.12. The number of thioether (sulfide) groups is 1. The van der Waals surface area contributed by atoms with Crippen molar-refractivity contribution < 1.29 is 0 Å². The van der Waals surface area contributed by atoms with Crippen LogP contribution in [0.4, 0.5) is 0 Å². The van der Waals surface area contributed by atoms with Crippen LogP contribution in [0.2, 0.25) is 0 Å². The summed E-state index contributed by atoms with van der Waals surface area (Å²) in [6.45, 7) is 5.86. The van der Waals surface area contributed by atoms with Crippen molar-refractivity contribution in [2.75, 3.05) is 0 Å². The Morgan fingerprint density at radius 1 is 1.43 bits per heavy atom. The van der Waals surface area contributed by atoms with E-state index in [1.54, 1.807) is 11.8 Å². The van der Waals surface area contributed by atoms with Gasteiger partial charge in [0.2, 0.25) is 0 Å². The third-order valence-corrected chi connectivity index (χ3v) is 2.95. The summed E-state index contributed by atoms with van der Waals surface area (Å²) in [5.41, 5.74) is 1.41. The van der Waals surface area contributed by atoms with Crippen molar-refractivity contribution in [1.29, 1.82) is 0 Å². The topological polar surface area (TPSA) is 0 Å². The molecule has 0 amide bonds.